The van der Waals surface area contributed by atoms with Gasteiger partial charge in [-0.1, -0.05) is 6.92 Å². The summed E-state index contributed by atoms with van der Waals surface area (Å²) in [5, 5.41) is 9.06. The van der Waals surface area contributed by atoms with Crippen LogP contribution in [0.1, 0.15) is 23.7 Å². The van der Waals surface area contributed by atoms with Gasteiger partial charge in [0, 0.05) is 36.9 Å². The zero-order valence-corrected chi connectivity index (χ0v) is 9.96. The molecule has 15 heavy (non-hydrogen) atoms. The van der Waals surface area contributed by atoms with Gasteiger partial charge < -0.3 is 9.67 Å². The molecule has 0 aliphatic carbocycles. The van der Waals surface area contributed by atoms with Crippen molar-refractivity contribution in [1.29, 1.82) is 0 Å². The maximum Gasteiger partial charge on any atom is 0.174 e. The Morgan fingerprint density at radius 1 is 1.67 bits per heavy atom. The first-order valence-corrected chi connectivity index (χ1v) is 6.06. The first-order chi connectivity index (χ1) is 7.13. The number of hydrogen-bond donors (Lipinski definition) is 1. The van der Waals surface area contributed by atoms with Crippen LogP contribution in [0.3, 0.4) is 0 Å². The van der Waals surface area contributed by atoms with Crippen molar-refractivity contribution >= 4 is 17.5 Å². The molecule has 0 amide bonds. The molecule has 0 saturated carbocycles. The van der Waals surface area contributed by atoms with Crippen LogP contribution in [-0.4, -0.2) is 33.1 Å². The van der Waals surface area contributed by atoms with E-state index >= 15 is 0 Å². The average Bonchev–Trinajstić information content (AvgIpc) is 2.62. The van der Waals surface area contributed by atoms with E-state index in [4.69, 9.17) is 5.11 Å². The van der Waals surface area contributed by atoms with Gasteiger partial charge in [0.15, 0.2) is 5.78 Å². The zero-order chi connectivity index (χ0) is 11.3. The van der Waals surface area contributed by atoms with E-state index in [-0.39, 0.29) is 12.4 Å². The number of rotatable bonds is 6. The standard InChI is InChI=1S/C11H17NO2S/c1-9(4-6-13)15-8-11(14)10-3-5-12(2)7-10/h3,5,7,9,13H,4,6,8H2,1-2H3. The first-order valence-electron chi connectivity index (χ1n) is 5.01. The maximum absolute atomic E-state index is 11.7. The molecule has 1 N–H and O–H groups in total. The van der Waals surface area contributed by atoms with E-state index in [1.54, 1.807) is 11.8 Å². The molecule has 1 heterocycles. The maximum atomic E-state index is 11.7. The average molecular weight is 227 g/mol. The van der Waals surface area contributed by atoms with Crippen LogP contribution in [0.25, 0.3) is 0 Å². The number of aryl methyl sites for hydroxylation is 1. The molecule has 0 aliphatic rings. The van der Waals surface area contributed by atoms with Crippen molar-refractivity contribution in [3.05, 3.63) is 24.0 Å². The molecule has 0 radical (unpaired) electrons. The number of hydrogen-bond acceptors (Lipinski definition) is 3. The van der Waals surface area contributed by atoms with Gasteiger partial charge >= 0.3 is 0 Å². The minimum atomic E-state index is 0.158. The molecule has 1 unspecified atom stereocenters. The molecule has 1 aromatic heterocycles. The molecule has 1 aromatic rings. The van der Waals surface area contributed by atoms with Crippen LogP contribution in [0.5, 0.6) is 0 Å². The van der Waals surface area contributed by atoms with Crippen molar-refractivity contribution in [2.75, 3.05) is 12.4 Å². The van der Waals surface area contributed by atoms with E-state index < -0.39 is 0 Å². The van der Waals surface area contributed by atoms with E-state index in [9.17, 15) is 4.79 Å². The van der Waals surface area contributed by atoms with E-state index in [1.165, 1.54) is 0 Å². The number of aliphatic hydroxyl groups is 1. The van der Waals surface area contributed by atoms with Crippen molar-refractivity contribution in [3.63, 3.8) is 0 Å². The Labute approximate surface area is 94.5 Å². The van der Waals surface area contributed by atoms with Gasteiger partial charge in [0.05, 0.1) is 5.75 Å². The molecule has 0 spiro atoms. The molecule has 1 rings (SSSR count). The van der Waals surface area contributed by atoms with Crippen LogP contribution < -0.4 is 0 Å². The third kappa shape index (κ3) is 4.10. The number of carbonyl (C=O) groups is 1. The molecule has 0 fully saturated rings. The Kier molecular flexibility index (Phi) is 4.91. The van der Waals surface area contributed by atoms with Crippen molar-refractivity contribution in [1.82, 2.24) is 4.57 Å². The second-order valence-corrected chi connectivity index (χ2v) is 5.05. The van der Waals surface area contributed by atoms with Gasteiger partial charge in [0.1, 0.15) is 0 Å². The lowest BCUT2D eigenvalue weighted by Crippen LogP contribution is -2.07. The van der Waals surface area contributed by atoms with Crippen molar-refractivity contribution in [2.24, 2.45) is 7.05 Å². The zero-order valence-electron chi connectivity index (χ0n) is 9.14. The lowest BCUT2D eigenvalue weighted by Gasteiger charge is -2.07. The Bertz CT molecular complexity index is 322. The molecule has 4 heteroatoms. The summed E-state index contributed by atoms with van der Waals surface area (Å²) in [5.74, 6) is 0.649. The fourth-order valence-electron chi connectivity index (χ4n) is 1.23. The van der Waals surface area contributed by atoms with Gasteiger partial charge in [-0.05, 0) is 12.5 Å². The van der Waals surface area contributed by atoms with Gasteiger partial charge in [-0.2, -0.15) is 11.8 Å². The summed E-state index contributed by atoms with van der Waals surface area (Å²) in [6.45, 7) is 2.22. The lowest BCUT2D eigenvalue weighted by atomic mass is 10.2. The number of thioether (sulfide) groups is 1. The van der Waals surface area contributed by atoms with E-state index in [1.807, 2.05) is 37.0 Å². The Hall–Kier alpha value is -0.740. The molecular formula is C11H17NO2S. The summed E-state index contributed by atoms with van der Waals surface area (Å²) >= 11 is 1.59. The summed E-state index contributed by atoms with van der Waals surface area (Å²) in [5.41, 5.74) is 0.765. The third-order valence-electron chi connectivity index (χ3n) is 2.19. The highest BCUT2D eigenvalue weighted by Gasteiger charge is 2.09. The minimum absolute atomic E-state index is 0.158. The number of Topliss-reactive ketones (excluding diaryl/α,β-unsaturated/α-hetero) is 1. The number of carbonyl (C=O) groups excluding carboxylic acids is 1. The highest BCUT2D eigenvalue weighted by Crippen LogP contribution is 2.15. The van der Waals surface area contributed by atoms with Crippen molar-refractivity contribution in [2.45, 2.75) is 18.6 Å². The largest absolute Gasteiger partial charge is 0.396 e. The minimum Gasteiger partial charge on any atom is -0.396 e. The van der Waals surface area contributed by atoms with E-state index in [2.05, 4.69) is 0 Å². The van der Waals surface area contributed by atoms with Crippen LogP contribution in [0.15, 0.2) is 18.5 Å². The Morgan fingerprint density at radius 3 is 2.93 bits per heavy atom. The highest BCUT2D eigenvalue weighted by atomic mass is 32.2. The number of aromatic nitrogens is 1. The van der Waals surface area contributed by atoms with E-state index in [0.717, 1.165) is 12.0 Å². The van der Waals surface area contributed by atoms with Gasteiger partial charge in [-0.3, -0.25) is 4.79 Å². The summed E-state index contributed by atoms with van der Waals surface area (Å²) in [7, 11) is 1.90. The monoisotopic (exact) mass is 227 g/mol. The van der Waals surface area contributed by atoms with Gasteiger partial charge in [0.2, 0.25) is 0 Å². The highest BCUT2D eigenvalue weighted by molar-refractivity contribution is 8.00. The SMILES string of the molecule is CC(CCO)SCC(=O)c1ccn(C)c1. The topological polar surface area (TPSA) is 42.2 Å². The van der Waals surface area contributed by atoms with Crippen LogP contribution >= 0.6 is 11.8 Å². The number of aliphatic hydroxyl groups excluding tert-OH is 1. The Morgan fingerprint density at radius 2 is 2.40 bits per heavy atom. The third-order valence-corrected chi connectivity index (χ3v) is 3.42. The Balaban J connectivity index is 2.36. The van der Waals surface area contributed by atoms with Gasteiger partial charge in [-0.25, -0.2) is 0 Å². The number of nitrogens with zero attached hydrogens (tertiary/aromatic N) is 1. The smallest absolute Gasteiger partial charge is 0.174 e. The van der Waals surface area contributed by atoms with Crippen molar-refractivity contribution in [3.8, 4) is 0 Å². The summed E-state index contributed by atoms with van der Waals surface area (Å²) in [6, 6.07) is 1.83. The quantitative estimate of drug-likeness (QED) is 0.752. The molecule has 0 aromatic carbocycles. The van der Waals surface area contributed by atoms with E-state index in [0.29, 0.717) is 11.0 Å². The normalized spacial score (nSPS) is 12.7. The molecular weight excluding hydrogens is 210 g/mol. The van der Waals surface area contributed by atoms with Crippen LogP contribution in [0.2, 0.25) is 0 Å². The molecule has 1 atom stereocenters. The fraction of sp³-hybridized carbons (Fsp3) is 0.545. The van der Waals surface area contributed by atoms with Crippen LogP contribution in [0, 0.1) is 0 Å². The summed E-state index contributed by atoms with van der Waals surface area (Å²) < 4.78 is 1.87. The lowest BCUT2D eigenvalue weighted by molar-refractivity contribution is 0.102. The fourth-order valence-corrected chi connectivity index (χ4v) is 2.11. The summed E-state index contributed by atoms with van der Waals surface area (Å²) in [4.78, 5) is 11.7. The molecule has 3 nitrogen and oxygen atoms in total. The predicted octanol–water partition coefficient (Wildman–Crippen LogP) is 1.71. The molecule has 0 saturated heterocycles. The molecule has 0 bridgehead atoms. The summed E-state index contributed by atoms with van der Waals surface area (Å²) in [6.07, 6.45) is 4.45. The molecule has 84 valence electrons. The molecule has 0 aliphatic heterocycles. The number of ketones is 1. The second-order valence-electron chi connectivity index (χ2n) is 3.62. The van der Waals surface area contributed by atoms with Crippen molar-refractivity contribution < 1.29 is 9.90 Å². The van der Waals surface area contributed by atoms with Crippen LogP contribution in [0.4, 0.5) is 0 Å². The second kappa shape index (κ2) is 5.98. The predicted molar refractivity (Wildman–Crippen MR) is 63.4 cm³/mol. The van der Waals surface area contributed by atoms with Crippen LogP contribution in [-0.2, 0) is 7.05 Å². The van der Waals surface area contributed by atoms with Gasteiger partial charge in [-0.15, -0.1) is 0 Å². The van der Waals surface area contributed by atoms with Gasteiger partial charge in [0.25, 0.3) is 0 Å². The first kappa shape index (κ1) is 12.3.